The Balaban J connectivity index is 1.79. The number of amides is 1. The number of benzene rings is 2. The van der Waals surface area contributed by atoms with Crippen LogP contribution in [0, 0.1) is 6.92 Å². The van der Waals surface area contributed by atoms with Crippen molar-refractivity contribution in [2.75, 3.05) is 13.7 Å². The molecular weight excluding hydrogens is 494 g/mol. The predicted octanol–water partition coefficient (Wildman–Crippen LogP) is 5.42. The molecule has 1 heterocycles. The predicted molar refractivity (Wildman–Crippen MR) is 113 cm³/mol. The van der Waals surface area contributed by atoms with Crippen molar-refractivity contribution in [3.63, 3.8) is 0 Å². The lowest BCUT2D eigenvalue weighted by Crippen LogP contribution is -2.08. The summed E-state index contributed by atoms with van der Waals surface area (Å²) in [7, 11) is 3.29. The highest BCUT2D eigenvalue weighted by molar-refractivity contribution is 9.10. The molecule has 0 aliphatic rings. The Morgan fingerprint density at radius 3 is 2.68 bits per heavy atom. The lowest BCUT2D eigenvalue weighted by atomic mass is 10.1. The lowest BCUT2D eigenvalue weighted by molar-refractivity contribution is -0.120. The van der Waals surface area contributed by atoms with Crippen LogP contribution in [0.1, 0.15) is 5.56 Å². The number of rotatable bonds is 5. The van der Waals surface area contributed by atoms with Crippen molar-refractivity contribution >= 4 is 54.4 Å². The van der Waals surface area contributed by atoms with Crippen molar-refractivity contribution in [2.24, 2.45) is 17.3 Å². The number of ether oxygens (including phenoxy) is 2. The Hall–Kier alpha value is -2.39. The number of carbonyl (C=O) groups is 1. The SMILES string of the molecule is COc1ccc(OCC(=O)N=Nc2c(O)n(C)c3c(C)cc(Br)cc23)c(Br)c1. The Bertz CT molecular complexity index is 1090. The Labute approximate surface area is 178 Å². The van der Waals surface area contributed by atoms with Gasteiger partial charge in [0.15, 0.2) is 12.3 Å². The van der Waals surface area contributed by atoms with E-state index in [4.69, 9.17) is 9.47 Å². The Morgan fingerprint density at radius 2 is 2.00 bits per heavy atom. The largest absolute Gasteiger partial charge is 0.497 e. The third kappa shape index (κ3) is 4.05. The molecule has 146 valence electrons. The van der Waals surface area contributed by atoms with Gasteiger partial charge in [0.1, 0.15) is 11.5 Å². The fourth-order valence-electron chi connectivity index (χ4n) is 2.84. The van der Waals surface area contributed by atoms with Gasteiger partial charge >= 0.3 is 5.91 Å². The van der Waals surface area contributed by atoms with Gasteiger partial charge in [-0.1, -0.05) is 15.9 Å². The van der Waals surface area contributed by atoms with Crippen LogP contribution < -0.4 is 9.47 Å². The van der Waals surface area contributed by atoms with Gasteiger partial charge in [-0.05, 0) is 58.7 Å². The summed E-state index contributed by atoms with van der Waals surface area (Å²) < 4.78 is 13.7. The number of aryl methyl sites for hydroxylation is 2. The van der Waals surface area contributed by atoms with Crippen molar-refractivity contribution in [1.82, 2.24) is 4.57 Å². The van der Waals surface area contributed by atoms with E-state index in [9.17, 15) is 9.90 Å². The average Bonchev–Trinajstić information content (AvgIpc) is 2.89. The zero-order chi connectivity index (χ0) is 20.4. The zero-order valence-corrected chi connectivity index (χ0v) is 18.5. The summed E-state index contributed by atoms with van der Waals surface area (Å²) in [6, 6.07) is 8.90. The van der Waals surface area contributed by atoms with Gasteiger partial charge in [-0.2, -0.15) is 0 Å². The highest BCUT2D eigenvalue weighted by Crippen LogP contribution is 2.40. The molecule has 0 bridgehead atoms. The number of nitrogens with zero attached hydrogens (tertiary/aromatic N) is 3. The molecule has 1 amide bonds. The summed E-state index contributed by atoms with van der Waals surface area (Å²) in [6.45, 7) is 1.64. The number of hydrogen-bond acceptors (Lipinski definition) is 5. The monoisotopic (exact) mass is 509 g/mol. The minimum absolute atomic E-state index is 0.0634. The number of carbonyl (C=O) groups excluding carboxylic acids is 1. The first-order valence-corrected chi connectivity index (χ1v) is 9.78. The molecule has 0 atom stereocenters. The van der Waals surface area contributed by atoms with Crippen LogP contribution in [0.5, 0.6) is 17.4 Å². The van der Waals surface area contributed by atoms with E-state index < -0.39 is 5.91 Å². The van der Waals surface area contributed by atoms with Gasteiger partial charge in [0.25, 0.3) is 0 Å². The first kappa shape index (κ1) is 20.3. The molecule has 0 radical (unpaired) electrons. The van der Waals surface area contributed by atoms with Crippen LogP contribution >= 0.6 is 31.9 Å². The maximum atomic E-state index is 12.1. The number of aromatic nitrogens is 1. The summed E-state index contributed by atoms with van der Waals surface area (Å²) in [5.41, 5.74) is 2.02. The van der Waals surface area contributed by atoms with E-state index in [1.807, 2.05) is 19.1 Å². The van der Waals surface area contributed by atoms with Crippen molar-refractivity contribution in [3.05, 3.63) is 44.8 Å². The van der Waals surface area contributed by atoms with Gasteiger partial charge in [-0.25, -0.2) is 0 Å². The van der Waals surface area contributed by atoms with Gasteiger partial charge in [-0.3, -0.25) is 4.79 Å². The highest BCUT2D eigenvalue weighted by Gasteiger charge is 2.17. The second-order valence-electron chi connectivity index (χ2n) is 6.03. The molecule has 3 rings (SSSR count). The van der Waals surface area contributed by atoms with Crippen LogP contribution in [0.4, 0.5) is 5.69 Å². The van der Waals surface area contributed by atoms with E-state index in [1.165, 1.54) is 0 Å². The molecule has 1 aromatic heterocycles. The molecule has 1 N–H and O–H groups in total. The van der Waals surface area contributed by atoms with Crippen LogP contribution in [0.15, 0.2) is 49.5 Å². The van der Waals surface area contributed by atoms with Crippen LogP contribution in [0.3, 0.4) is 0 Å². The minimum Gasteiger partial charge on any atom is -0.497 e. The maximum absolute atomic E-state index is 12.1. The molecule has 0 aliphatic carbocycles. The highest BCUT2D eigenvalue weighted by atomic mass is 79.9. The molecule has 0 unspecified atom stereocenters. The molecule has 28 heavy (non-hydrogen) atoms. The Morgan fingerprint density at radius 1 is 1.25 bits per heavy atom. The standard InChI is InChI=1S/C19H17Br2N3O4/c1-10-6-11(20)7-13-17(19(26)24(2)18(10)13)23-22-16(25)9-28-15-5-4-12(27-3)8-14(15)21/h4-8,26H,9H2,1-3H3. The smallest absolute Gasteiger partial charge is 0.302 e. The molecule has 0 saturated carbocycles. The van der Waals surface area contributed by atoms with Crippen molar-refractivity contribution in [1.29, 1.82) is 0 Å². The molecule has 3 aromatic rings. The zero-order valence-electron chi connectivity index (χ0n) is 15.4. The van der Waals surface area contributed by atoms with E-state index in [-0.39, 0.29) is 18.2 Å². The van der Waals surface area contributed by atoms with Gasteiger partial charge in [0, 0.05) is 16.9 Å². The normalized spacial score (nSPS) is 11.3. The minimum atomic E-state index is -0.578. The van der Waals surface area contributed by atoms with Crippen molar-refractivity contribution in [2.45, 2.75) is 6.92 Å². The van der Waals surface area contributed by atoms with Gasteiger partial charge in [0.2, 0.25) is 5.88 Å². The summed E-state index contributed by atoms with van der Waals surface area (Å²) in [5.74, 6) is 0.507. The van der Waals surface area contributed by atoms with Crippen LogP contribution in [0.25, 0.3) is 10.9 Å². The summed E-state index contributed by atoms with van der Waals surface area (Å²) in [5, 5.41) is 18.7. The van der Waals surface area contributed by atoms with Gasteiger partial charge < -0.3 is 19.1 Å². The summed E-state index contributed by atoms with van der Waals surface area (Å²) >= 11 is 6.79. The second-order valence-corrected chi connectivity index (χ2v) is 7.80. The second kappa shape index (κ2) is 8.32. The number of methoxy groups -OCH3 is 1. The van der Waals surface area contributed by atoms with Gasteiger partial charge in [0.05, 0.1) is 17.1 Å². The van der Waals surface area contributed by atoms with E-state index in [0.717, 1.165) is 15.6 Å². The van der Waals surface area contributed by atoms with E-state index in [2.05, 4.69) is 42.1 Å². The first-order chi connectivity index (χ1) is 13.3. The quantitative estimate of drug-likeness (QED) is 0.464. The fraction of sp³-hybridized carbons (Fsp3) is 0.211. The van der Waals surface area contributed by atoms with Crippen LogP contribution in [-0.4, -0.2) is 29.3 Å². The van der Waals surface area contributed by atoms with Crippen LogP contribution in [0.2, 0.25) is 0 Å². The first-order valence-electron chi connectivity index (χ1n) is 8.20. The molecule has 0 saturated heterocycles. The third-order valence-electron chi connectivity index (χ3n) is 4.14. The van der Waals surface area contributed by atoms with E-state index in [1.54, 1.807) is 36.9 Å². The molecule has 0 fully saturated rings. The van der Waals surface area contributed by atoms with Gasteiger partial charge in [-0.15, -0.1) is 10.2 Å². The molecule has 7 nitrogen and oxygen atoms in total. The number of halogens is 2. The number of hydrogen-bond donors (Lipinski definition) is 1. The van der Waals surface area contributed by atoms with E-state index in [0.29, 0.717) is 21.4 Å². The summed E-state index contributed by atoms with van der Waals surface area (Å²) in [6.07, 6.45) is 0. The average molecular weight is 511 g/mol. The maximum Gasteiger partial charge on any atom is 0.302 e. The number of azo groups is 1. The molecular formula is C19H17Br2N3O4. The molecule has 9 heteroatoms. The van der Waals surface area contributed by atoms with Crippen molar-refractivity contribution < 1.29 is 19.4 Å². The van der Waals surface area contributed by atoms with Crippen LogP contribution in [-0.2, 0) is 11.8 Å². The number of fused-ring (bicyclic) bond motifs is 1. The molecule has 0 aliphatic heterocycles. The molecule has 0 spiro atoms. The third-order valence-corrected chi connectivity index (χ3v) is 5.21. The topological polar surface area (TPSA) is 85.4 Å². The molecule has 2 aromatic carbocycles. The fourth-order valence-corrected chi connectivity index (χ4v) is 3.89. The lowest BCUT2D eigenvalue weighted by Gasteiger charge is -2.07. The Kier molecular flexibility index (Phi) is 6.04. The van der Waals surface area contributed by atoms with Crippen molar-refractivity contribution in [3.8, 4) is 17.4 Å². The van der Waals surface area contributed by atoms with E-state index >= 15 is 0 Å². The number of aromatic hydroxyl groups is 1. The summed E-state index contributed by atoms with van der Waals surface area (Å²) in [4.78, 5) is 12.1.